The van der Waals surface area contributed by atoms with E-state index < -0.39 is 17.3 Å². The highest BCUT2D eigenvalue weighted by Crippen LogP contribution is 2.28. The van der Waals surface area contributed by atoms with Crippen LogP contribution in [0.2, 0.25) is 0 Å². The molecule has 0 saturated carbocycles. The molecule has 0 spiro atoms. The van der Waals surface area contributed by atoms with Gasteiger partial charge in [-0.25, -0.2) is 9.78 Å². The van der Waals surface area contributed by atoms with E-state index in [1.54, 1.807) is 0 Å². The molecule has 6 heteroatoms. The number of carboxylic acid groups (broad SMARTS) is 1. The minimum atomic E-state index is -1.14. The first kappa shape index (κ1) is 15.0. The van der Waals surface area contributed by atoms with Crippen molar-refractivity contribution in [2.24, 2.45) is 0 Å². The summed E-state index contributed by atoms with van der Waals surface area (Å²) in [5.41, 5.74) is 1.09. The van der Waals surface area contributed by atoms with Crippen molar-refractivity contribution < 1.29 is 14.7 Å². The van der Waals surface area contributed by atoms with Crippen LogP contribution in [-0.4, -0.2) is 29.0 Å². The molecule has 0 aliphatic carbocycles. The molecule has 1 aromatic carbocycles. The van der Waals surface area contributed by atoms with Gasteiger partial charge in [0.15, 0.2) is 0 Å². The lowest BCUT2D eigenvalue weighted by molar-refractivity contribution is 0.0696. The van der Waals surface area contributed by atoms with Crippen LogP contribution in [0.25, 0.3) is 0 Å². The molecule has 5 nitrogen and oxygen atoms in total. The maximum Gasteiger partial charge on any atom is 0.335 e. The van der Waals surface area contributed by atoms with Gasteiger partial charge in [-0.3, -0.25) is 4.79 Å². The lowest BCUT2D eigenvalue weighted by atomic mass is 10.1. The normalized spacial score (nSPS) is 11.7. The van der Waals surface area contributed by atoms with Crippen molar-refractivity contribution in [2.45, 2.75) is 5.38 Å². The van der Waals surface area contributed by atoms with Gasteiger partial charge in [0.05, 0.1) is 11.3 Å². The molecular weight excluding hydrogens is 292 g/mol. The Labute approximate surface area is 126 Å². The SMILES string of the molecule is CNC(=O)c1cc(C(=O)O)cc(C(Cl)c2ccccc2)n1. The number of pyridine rings is 1. The summed E-state index contributed by atoms with van der Waals surface area (Å²) in [6, 6.07) is 11.7. The standard InChI is InChI=1S/C15H13ClN2O3/c1-17-14(19)12-8-10(15(20)21)7-11(18-12)13(16)9-5-3-2-4-6-9/h2-8,13H,1H3,(H,17,19)(H,20,21). The van der Waals surface area contributed by atoms with Gasteiger partial charge in [0.25, 0.3) is 5.91 Å². The fraction of sp³-hybridized carbons (Fsp3) is 0.133. The van der Waals surface area contributed by atoms with Crippen molar-refractivity contribution in [3.63, 3.8) is 0 Å². The Bertz CT molecular complexity index is 674. The smallest absolute Gasteiger partial charge is 0.335 e. The van der Waals surface area contributed by atoms with Crippen LogP contribution >= 0.6 is 11.6 Å². The van der Waals surface area contributed by atoms with E-state index >= 15 is 0 Å². The van der Waals surface area contributed by atoms with Crippen molar-refractivity contribution >= 4 is 23.5 Å². The first-order valence-electron chi connectivity index (χ1n) is 6.19. The lowest BCUT2D eigenvalue weighted by Crippen LogP contribution is -2.21. The molecule has 1 heterocycles. The van der Waals surface area contributed by atoms with Gasteiger partial charge in [0.1, 0.15) is 11.1 Å². The van der Waals surface area contributed by atoms with Crippen LogP contribution in [0.4, 0.5) is 0 Å². The number of hydrogen-bond acceptors (Lipinski definition) is 3. The van der Waals surface area contributed by atoms with Gasteiger partial charge in [-0.15, -0.1) is 11.6 Å². The summed E-state index contributed by atoms with van der Waals surface area (Å²) in [6.07, 6.45) is 0. The maximum atomic E-state index is 11.7. The largest absolute Gasteiger partial charge is 0.478 e. The highest BCUT2D eigenvalue weighted by atomic mass is 35.5. The van der Waals surface area contributed by atoms with E-state index in [-0.39, 0.29) is 11.3 Å². The molecule has 0 aliphatic heterocycles. The minimum Gasteiger partial charge on any atom is -0.478 e. The van der Waals surface area contributed by atoms with Gasteiger partial charge in [-0.2, -0.15) is 0 Å². The van der Waals surface area contributed by atoms with Crippen molar-refractivity contribution in [3.8, 4) is 0 Å². The zero-order chi connectivity index (χ0) is 15.4. The monoisotopic (exact) mass is 304 g/mol. The Morgan fingerprint density at radius 2 is 1.90 bits per heavy atom. The molecule has 1 aromatic heterocycles. The van der Waals surface area contributed by atoms with E-state index in [2.05, 4.69) is 10.3 Å². The molecule has 2 aromatic rings. The Hall–Kier alpha value is -2.40. The Morgan fingerprint density at radius 1 is 1.24 bits per heavy atom. The Kier molecular flexibility index (Phi) is 4.55. The fourth-order valence-corrected chi connectivity index (χ4v) is 2.10. The quantitative estimate of drug-likeness (QED) is 0.850. The van der Waals surface area contributed by atoms with Crippen LogP contribution in [0.3, 0.4) is 0 Å². The molecule has 0 bridgehead atoms. The van der Waals surface area contributed by atoms with Gasteiger partial charge in [0.2, 0.25) is 0 Å². The molecule has 0 fully saturated rings. The summed E-state index contributed by atoms with van der Waals surface area (Å²) < 4.78 is 0. The number of amides is 1. The average molecular weight is 305 g/mol. The molecule has 2 N–H and O–H groups in total. The number of carboxylic acids is 1. The molecule has 1 amide bonds. The Balaban J connectivity index is 2.50. The van der Waals surface area contributed by atoms with Gasteiger partial charge >= 0.3 is 5.97 Å². The highest BCUT2D eigenvalue weighted by Gasteiger charge is 2.18. The second-order valence-corrected chi connectivity index (χ2v) is 4.76. The predicted octanol–water partition coefficient (Wildman–Crippen LogP) is 2.47. The van der Waals surface area contributed by atoms with E-state index in [0.29, 0.717) is 5.69 Å². The molecule has 108 valence electrons. The number of benzene rings is 1. The average Bonchev–Trinajstić information content (AvgIpc) is 2.53. The zero-order valence-corrected chi connectivity index (χ0v) is 12.0. The summed E-state index contributed by atoms with van der Waals surface area (Å²) in [5.74, 6) is -1.60. The van der Waals surface area contributed by atoms with Crippen LogP contribution in [0.15, 0.2) is 42.5 Å². The Morgan fingerprint density at radius 3 is 2.48 bits per heavy atom. The van der Waals surface area contributed by atoms with Crippen molar-refractivity contribution in [2.75, 3.05) is 7.05 Å². The fourth-order valence-electron chi connectivity index (χ4n) is 1.84. The van der Waals surface area contributed by atoms with Crippen molar-refractivity contribution in [1.29, 1.82) is 0 Å². The van der Waals surface area contributed by atoms with E-state index in [9.17, 15) is 9.59 Å². The number of carbonyl (C=O) groups is 2. The lowest BCUT2D eigenvalue weighted by Gasteiger charge is -2.12. The van der Waals surface area contributed by atoms with Gasteiger partial charge in [-0.05, 0) is 17.7 Å². The van der Waals surface area contributed by atoms with Crippen LogP contribution in [-0.2, 0) is 0 Å². The summed E-state index contributed by atoms with van der Waals surface area (Å²) >= 11 is 6.34. The third-order valence-electron chi connectivity index (χ3n) is 2.90. The van der Waals surface area contributed by atoms with E-state index in [1.807, 2.05) is 30.3 Å². The molecule has 0 radical (unpaired) electrons. The molecule has 21 heavy (non-hydrogen) atoms. The topological polar surface area (TPSA) is 79.3 Å². The van der Waals surface area contributed by atoms with Crippen LogP contribution < -0.4 is 5.32 Å². The highest BCUT2D eigenvalue weighted by molar-refractivity contribution is 6.22. The number of aromatic carboxylic acids is 1. The number of nitrogens with one attached hydrogen (secondary N) is 1. The minimum absolute atomic E-state index is 0.0222. The molecule has 0 saturated heterocycles. The van der Waals surface area contributed by atoms with E-state index in [4.69, 9.17) is 16.7 Å². The summed E-state index contributed by atoms with van der Waals surface area (Å²) in [6.45, 7) is 0. The number of halogens is 1. The number of alkyl halides is 1. The van der Waals surface area contributed by atoms with Gasteiger partial charge in [-0.1, -0.05) is 30.3 Å². The van der Waals surface area contributed by atoms with Crippen molar-refractivity contribution in [1.82, 2.24) is 10.3 Å². The second kappa shape index (κ2) is 6.37. The summed E-state index contributed by atoms with van der Waals surface area (Å²) in [5, 5.41) is 10.9. The number of rotatable bonds is 4. The zero-order valence-electron chi connectivity index (χ0n) is 11.2. The molecule has 1 atom stereocenters. The van der Waals surface area contributed by atoms with Crippen molar-refractivity contribution in [3.05, 3.63) is 65.0 Å². The van der Waals surface area contributed by atoms with Gasteiger partial charge < -0.3 is 10.4 Å². The molecular formula is C15H13ClN2O3. The molecule has 0 aliphatic rings. The number of carbonyl (C=O) groups excluding carboxylic acids is 1. The van der Waals surface area contributed by atoms with E-state index in [0.717, 1.165) is 5.56 Å². The number of hydrogen-bond donors (Lipinski definition) is 2. The third-order valence-corrected chi connectivity index (χ3v) is 3.38. The molecule has 1 unspecified atom stereocenters. The van der Waals surface area contributed by atoms with Crippen LogP contribution in [0.5, 0.6) is 0 Å². The summed E-state index contributed by atoms with van der Waals surface area (Å²) in [7, 11) is 1.45. The van der Waals surface area contributed by atoms with Crippen LogP contribution in [0.1, 0.15) is 37.5 Å². The number of aromatic nitrogens is 1. The third kappa shape index (κ3) is 3.38. The summed E-state index contributed by atoms with van der Waals surface area (Å²) in [4.78, 5) is 27.0. The first-order chi connectivity index (χ1) is 10.0. The van der Waals surface area contributed by atoms with Crippen LogP contribution in [0, 0.1) is 0 Å². The van der Waals surface area contributed by atoms with Gasteiger partial charge in [0, 0.05) is 7.05 Å². The second-order valence-electron chi connectivity index (χ2n) is 4.32. The molecule has 2 rings (SSSR count). The maximum absolute atomic E-state index is 11.7. The predicted molar refractivity (Wildman–Crippen MR) is 78.7 cm³/mol. The first-order valence-corrected chi connectivity index (χ1v) is 6.63. The number of nitrogens with zero attached hydrogens (tertiary/aromatic N) is 1. The van der Waals surface area contributed by atoms with E-state index in [1.165, 1.54) is 19.2 Å².